The smallest absolute Gasteiger partial charge is 0.259 e. The molecule has 2 rings (SSSR count). The monoisotopic (exact) mass is 177 g/mol. The summed E-state index contributed by atoms with van der Waals surface area (Å²) in [7, 11) is 0. The van der Waals surface area contributed by atoms with Gasteiger partial charge < -0.3 is 9.51 Å². The second-order valence-corrected chi connectivity index (χ2v) is 3.21. The van der Waals surface area contributed by atoms with Gasteiger partial charge in [-0.2, -0.15) is 4.98 Å². The number of hydrogen-bond donors (Lipinski definition) is 1. The summed E-state index contributed by atoms with van der Waals surface area (Å²) in [5, 5.41) is 3.87. The van der Waals surface area contributed by atoms with Gasteiger partial charge in [-0.25, -0.2) is 0 Å². The van der Waals surface area contributed by atoms with Crippen LogP contribution in [0.5, 0.6) is 0 Å². The molecule has 0 spiro atoms. The molecule has 0 saturated heterocycles. The lowest BCUT2D eigenvalue weighted by Crippen LogP contribution is -1.88. The minimum absolute atomic E-state index is 0.302. The number of aromatic nitrogens is 3. The van der Waals surface area contributed by atoms with Crippen LogP contribution in [-0.2, 0) is 0 Å². The molecular weight excluding hydrogens is 166 g/mol. The Balaban J connectivity index is 2.33. The third-order valence-corrected chi connectivity index (χ3v) is 1.80. The van der Waals surface area contributed by atoms with E-state index in [1.807, 2.05) is 32.3 Å². The summed E-state index contributed by atoms with van der Waals surface area (Å²) in [5.41, 5.74) is 0.930. The van der Waals surface area contributed by atoms with E-state index in [0.717, 1.165) is 11.4 Å². The molecule has 68 valence electrons. The summed E-state index contributed by atoms with van der Waals surface area (Å²) >= 11 is 0. The molecule has 0 aliphatic heterocycles. The van der Waals surface area contributed by atoms with Gasteiger partial charge in [0.25, 0.3) is 5.89 Å². The number of nitrogens with zero attached hydrogens (tertiary/aromatic N) is 2. The molecule has 0 fully saturated rings. The van der Waals surface area contributed by atoms with Crippen molar-refractivity contribution in [2.24, 2.45) is 0 Å². The zero-order chi connectivity index (χ0) is 9.26. The van der Waals surface area contributed by atoms with E-state index in [2.05, 4.69) is 15.1 Å². The minimum atomic E-state index is 0.302. The minimum Gasteiger partial charge on any atom is -0.367 e. The van der Waals surface area contributed by atoms with Crippen molar-refractivity contribution in [1.82, 2.24) is 15.1 Å². The quantitative estimate of drug-likeness (QED) is 0.764. The summed E-state index contributed by atoms with van der Waals surface area (Å²) in [6.07, 6.45) is 3.66. The molecule has 0 unspecified atom stereocenters. The lowest BCUT2D eigenvalue weighted by Gasteiger charge is -1.91. The van der Waals surface area contributed by atoms with Crippen molar-refractivity contribution < 1.29 is 4.52 Å². The Labute approximate surface area is 76.0 Å². The van der Waals surface area contributed by atoms with Gasteiger partial charge in [-0.1, -0.05) is 19.0 Å². The molecule has 0 radical (unpaired) electrons. The SMILES string of the molecule is CC(C)c1noc(-c2cc[nH]c2)n1. The molecule has 0 atom stereocenters. The van der Waals surface area contributed by atoms with Crippen LogP contribution in [0.25, 0.3) is 11.5 Å². The molecule has 13 heavy (non-hydrogen) atoms. The van der Waals surface area contributed by atoms with E-state index in [1.165, 1.54) is 0 Å². The molecule has 4 heteroatoms. The van der Waals surface area contributed by atoms with Gasteiger partial charge in [0, 0.05) is 18.3 Å². The first kappa shape index (κ1) is 8.04. The molecule has 2 aromatic heterocycles. The molecule has 0 saturated carbocycles. The highest BCUT2D eigenvalue weighted by atomic mass is 16.5. The van der Waals surface area contributed by atoms with Gasteiger partial charge in [0.05, 0.1) is 5.56 Å². The normalized spacial score (nSPS) is 11.0. The van der Waals surface area contributed by atoms with Gasteiger partial charge in [-0.3, -0.25) is 0 Å². The zero-order valence-electron chi connectivity index (χ0n) is 7.61. The van der Waals surface area contributed by atoms with E-state index in [1.54, 1.807) is 0 Å². The molecule has 0 aromatic carbocycles. The maximum absolute atomic E-state index is 5.09. The highest BCUT2D eigenvalue weighted by molar-refractivity contribution is 5.50. The zero-order valence-corrected chi connectivity index (χ0v) is 7.61. The van der Waals surface area contributed by atoms with Crippen LogP contribution < -0.4 is 0 Å². The number of nitrogens with one attached hydrogen (secondary N) is 1. The van der Waals surface area contributed by atoms with Crippen LogP contribution in [0.4, 0.5) is 0 Å². The Morgan fingerprint density at radius 1 is 1.46 bits per heavy atom. The molecular formula is C9H11N3O. The maximum Gasteiger partial charge on any atom is 0.259 e. The molecule has 1 N–H and O–H groups in total. The van der Waals surface area contributed by atoms with Crippen LogP contribution in [0.15, 0.2) is 23.0 Å². The van der Waals surface area contributed by atoms with E-state index in [9.17, 15) is 0 Å². The Morgan fingerprint density at radius 2 is 2.31 bits per heavy atom. The summed E-state index contributed by atoms with van der Waals surface area (Å²) < 4.78 is 5.09. The maximum atomic E-state index is 5.09. The van der Waals surface area contributed by atoms with Crippen LogP contribution in [0.3, 0.4) is 0 Å². The molecule has 0 bridgehead atoms. The first-order valence-corrected chi connectivity index (χ1v) is 4.24. The fraction of sp³-hybridized carbons (Fsp3) is 0.333. The number of hydrogen-bond acceptors (Lipinski definition) is 3. The third kappa shape index (κ3) is 1.47. The van der Waals surface area contributed by atoms with Crippen molar-refractivity contribution in [2.75, 3.05) is 0 Å². The summed E-state index contributed by atoms with van der Waals surface area (Å²) in [4.78, 5) is 7.19. The second-order valence-electron chi connectivity index (χ2n) is 3.21. The lowest BCUT2D eigenvalue weighted by atomic mass is 10.2. The highest BCUT2D eigenvalue weighted by Crippen LogP contribution is 2.18. The number of H-pyrrole nitrogens is 1. The molecule has 0 aliphatic carbocycles. The first-order chi connectivity index (χ1) is 6.27. The van der Waals surface area contributed by atoms with Gasteiger partial charge in [0.15, 0.2) is 5.82 Å². The highest BCUT2D eigenvalue weighted by Gasteiger charge is 2.10. The summed E-state index contributed by atoms with van der Waals surface area (Å²) in [5.74, 6) is 1.62. The van der Waals surface area contributed by atoms with Crippen molar-refractivity contribution in [3.05, 3.63) is 24.3 Å². The molecule has 0 aliphatic rings. The Hall–Kier alpha value is -1.58. The third-order valence-electron chi connectivity index (χ3n) is 1.80. The van der Waals surface area contributed by atoms with Gasteiger partial charge in [0.1, 0.15) is 0 Å². The van der Waals surface area contributed by atoms with Crippen LogP contribution in [0, 0.1) is 0 Å². The number of aromatic amines is 1. The van der Waals surface area contributed by atoms with Crippen LogP contribution in [0.2, 0.25) is 0 Å². The van der Waals surface area contributed by atoms with Gasteiger partial charge in [0.2, 0.25) is 0 Å². The standard InChI is InChI=1S/C9H11N3O/c1-6(2)8-11-9(13-12-8)7-3-4-10-5-7/h3-6,10H,1-2H3. The topological polar surface area (TPSA) is 54.7 Å². The number of rotatable bonds is 2. The Kier molecular flexibility index (Phi) is 1.88. The van der Waals surface area contributed by atoms with Crippen molar-refractivity contribution in [3.63, 3.8) is 0 Å². The molecule has 2 aromatic rings. The van der Waals surface area contributed by atoms with Crippen LogP contribution in [0.1, 0.15) is 25.6 Å². The van der Waals surface area contributed by atoms with Crippen molar-refractivity contribution >= 4 is 0 Å². The van der Waals surface area contributed by atoms with Gasteiger partial charge >= 0.3 is 0 Å². The second kappa shape index (κ2) is 3.05. The fourth-order valence-electron chi connectivity index (χ4n) is 1.04. The molecule has 0 amide bonds. The predicted molar refractivity (Wildman–Crippen MR) is 48.2 cm³/mol. The summed E-state index contributed by atoms with van der Waals surface area (Å²) in [6.45, 7) is 4.07. The van der Waals surface area contributed by atoms with Crippen molar-refractivity contribution in [3.8, 4) is 11.5 Å². The Morgan fingerprint density at radius 3 is 2.85 bits per heavy atom. The van der Waals surface area contributed by atoms with Crippen molar-refractivity contribution in [1.29, 1.82) is 0 Å². The average Bonchev–Trinajstić information content (AvgIpc) is 2.75. The lowest BCUT2D eigenvalue weighted by molar-refractivity contribution is 0.419. The van der Waals surface area contributed by atoms with E-state index < -0.39 is 0 Å². The Bertz CT molecular complexity index is 375. The van der Waals surface area contributed by atoms with Gasteiger partial charge in [-0.15, -0.1) is 0 Å². The molecule has 4 nitrogen and oxygen atoms in total. The average molecular weight is 177 g/mol. The largest absolute Gasteiger partial charge is 0.367 e. The van der Waals surface area contributed by atoms with E-state index in [4.69, 9.17) is 4.52 Å². The predicted octanol–water partition coefficient (Wildman–Crippen LogP) is 2.19. The van der Waals surface area contributed by atoms with Crippen molar-refractivity contribution in [2.45, 2.75) is 19.8 Å². The fourth-order valence-corrected chi connectivity index (χ4v) is 1.04. The summed E-state index contributed by atoms with van der Waals surface area (Å²) in [6, 6.07) is 1.90. The first-order valence-electron chi connectivity index (χ1n) is 4.24. The molecule has 2 heterocycles. The van der Waals surface area contributed by atoms with E-state index in [-0.39, 0.29) is 0 Å². The van der Waals surface area contributed by atoms with E-state index >= 15 is 0 Å². The van der Waals surface area contributed by atoms with Crippen LogP contribution >= 0.6 is 0 Å². The van der Waals surface area contributed by atoms with E-state index in [0.29, 0.717) is 11.8 Å². The van der Waals surface area contributed by atoms with Gasteiger partial charge in [-0.05, 0) is 6.07 Å². The van der Waals surface area contributed by atoms with Crippen LogP contribution in [-0.4, -0.2) is 15.1 Å².